The number of hydrogen-bond acceptors (Lipinski definition) is 2. The van der Waals surface area contributed by atoms with Gasteiger partial charge in [-0.05, 0) is 44.4 Å². The lowest BCUT2D eigenvalue weighted by atomic mass is 10.0. The van der Waals surface area contributed by atoms with Gasteiger partial charge >= 0.3 is 6.18 Å². The summed E-state index contributed by atoms with van der Waals surface area (Å²) in [4.78, 5) is 12.4. The van der Waals surface area contributed by atoms with E-state index in [0.717, 1.165) is 35.6 Å². The number of aryl methyl sites for hydroxylation is 1. The molecule has 0 fully saturated rings. The van der Waals surface area contributed by atoms with Crippen molar-refractivity contribution in [3.8, 4) is 0 Å². The average molecular weight is 381 g/mol. The van der Waals surface area contributed by atoms with Crippen molar-refractivity contribution < 1.29 is 18.0 Å². The molecule has 0 saturated heterocycles. The van der Waals surface area contributed by atoms with Crippen molar-refractivity contribution in [2.45, 2.75) is 59.8 Å². The van der Waals surface area contributed by atoms with Crippen LogP contribution in [0.4, 0.5) is 13.2 Å². The SMILES string of the molecule is Cc1nn(CC(C)C)c(C)c1CC(=O)N[C@H](C)c1cccc(C(F)(F)F)c1. The fourth-order valence-electron chi connectivity index (χ4n) is 3.03. The fraction of sp³-hybridized carbons (Fsp3) is 0.500. The Morgan fingerprint density at radius 1 is 1.22 bits per heavy atom. The number of rotatable bonds is 6. The van der Waals surface area contributed by atoms with Crippen LogP contribution < -0.4 is 5.32 Å². The van der Waals surface area contributed by atoms with Gasteiger partial charge < -0.3 is 5.32 Å². The second-order valence-corrected chi connectivity index (χ2v) is 7.31. The summed E-state index contributed by atoms with van der Waals surface area (Å²) in [5, 5.41) is 7.28. The molecule has 1 aromatic heterocycles. The first-order chi connectivity index (χ1) is 12.5. The zero-order valence-electron chi connectivity index (χ0n) is 16.3. The number of nitrogens with zero attached hydrogens (tertiary/aromatic N) is 2. The minimum absolute atomic E-state index is 0.152. The van der Waals surface area contributed by atoms with E-state index in [-0.39, 0.29) is 12.3 Å². The highest BCUT2D eigenvalue weighted by Crippen LogP contribution is 2.30. The van der Waals surface area contributed by atoms with Crippen molar-refractivity contribution in [1.82, 2.24) is 15.1 Å². The Bertz CT molecular complexity index is 809. The van der Waals surface area contributed by atoms with Crippen LogP contribution in [0.25, 0.3) is 0 Å². The van der Waals surface area contributed by atoms with Crippen LogP contribution in [0, 0.1) is 19.8 Å². The second kappa shape index (κ2) is 8.15. The molecule has 1 N–H and O–H groups in total. The third-order valence-corrected chi connectivity index (χ3v) is 4.50. The van der Waals surface area contributed by atoms with Crippen molar-refractivity contribution in [3.63, 3.8) is 0 Å². The first-order valence-electron chi connectivity index (χ1n) is 8.98. The third kappa shape index (κ3) is 5.34. The van der Waals surface area contributed by atoms with Gasteiger partial charge in [-0.2, -0.15) is 18.3 Å². The summed E-state index contributed by atoms with van der Waals surface area (Å²) in [5.74, 6) is 0.195. The van der Waals surface area contributed by atoms with Gasteiger partial charge in [0.1, 0.15) is 0 Å². The molecule has 0 bridgehead atoms. The minimum Gasteiger partial charge on any atom is -0.349 e. The van der Waals surface area contributed by atoms with Gasteiger partial charge in [-0.1, -0.05) is 26.0 Å². The Morgan fingerprint density at radius 2 is 1.89 bits per heavy atom. The number of carbonyl (C=O) groups excluding carboxylic acids is 1. The van der Waals surface area contributed by atoms with Crippen molar-refractivity contribution in [3.05, 3.63) is 52.3 Å². The van der Waals surface area contributed by atoms with E-state index in [0.29, 0.717) is 11.5 Å². The van der Waals surface area contributed by atoms with Crippen LogP contribution in [0.5, 0.6) is 0 Å². The predicted octanol–water partition coefficient (Wildman–Crippen LogP) is 4.59. The summed E-state index contributed by atoms with van der Waals surface area (Å²) in [5.41, 5.74) is 2.31. The van der Waals surface area contributed by atoms with E-state index >= 15 is 0 Å². The van der Waals surface area contributed by atoms with Crippen LogP contribution in [-0.4, -0.2) is 15.7 Å². The van der Waals surface area contributed by atoms with Crippen molar-refractivity contribution in [1.29, 1.82) is 0 Å². The molecule has 2 rings (SSSR count). The molecule has 148 valence electrons. The van der Waals surface area contributed by atoms with E-state index in [1.807, 2.05) is 18.5 Å². The largest absolute Gasteiger partial charge is 0.416 e. The molecule has 1 atom stereocenters. The zero-order valence-corrected chi connectivity index (χ0v) is 16.3. The van der Waals surface area contributed by atoms with Gasteiger partial charge in [-0.15, -0.1) is 0 Å². The maximum absolute atomic E-state index is 12.9. The quantitative estimate of drug-likeness (QED) is 0.795. The molecule has 0 aliphatic carbocycles. The molecular weight excluding hydrogens is 355 g/mol. The Morgan fingerprint density at radius 3 is 2.48 bits per heavy atom. The zero-order chi connectivity index (χ0) is 20.4. The Balaban J connectivity index is 2.09. The molecule has 1 amide bonds. The minimum atomic E-state index is -4.40. The van der Waals surface area contributed by atoms with Gasteiger partial charge in [-0.25, -0.2) is 0 Å². The Kier molecular flexibility index (Phi) is 6.34. The molecule has 27 heavy (non-hydrogen) atoms. The topological polar surface area (TPSA) is 46.9 Å². The molecule has 1 aromatic carbocycles. The number of amides is 1. The average Bonchev–Trinajstić information content (AvgIpc) is 2.81. The number of hydrogen-bond donors (Lipinski definition) is 1. The molecule has 0 aliphatic heterocycles. The van der Waals surface area contributed by atoms with E-state index in [4.69, 9.17) is 0 Å². The summed E-state index contributed by atoms with van der Waals surface area (Å²) in [7, 11) is 0. The predicted molar refractivity (Wildman–Crippen MR) is 98.2 cm³/mol. The number of aromatic nitrogens is 2. The van der Waals surface area contributed by atoms with Gasteiger partial charge in [-0.3, -0.25) is 9.48 Å². The second-order valence-electron chi connectivity index (χ2n) is 7.31. The molecule has 7 heteroatoms. The van der Waals surface area contributed by atoms with Crippen molar-refractivity contribution in [2.75, 3.05) is 0 Å². The van der Waals surface area contributed by atoms with Gasteiger partial charge in [0, 0.05) is 17.8 Å². The summed E-state index contributed by atoms with van der Waals surface area (Å²) in [6, 6.07) is 4.50. The molecule has 1 heterocycles. The smallest absolute Gasteiger partial charge is 0.349 e. The number of carbonyl (C=O) groups is 1. The van der Waals surface area contributed by atoms with E-state index in [2.05, 4.69) is 24.3 Å². The normalized spacial score (nSPS) is 13.1. The lowest BCUT2D eigenvalue weighted by Gasteiger charge is -2.16. The van der Waals surface area contributed by atoms with Crippen molar-refractivity contribution >= 4 is 5.91 Å². The van der Waals surface area contributed by atoms with Gasteiger partial charge in [0.25, 0.3) is 0 Å². The number of halogens is 3. The number of nitrogens with one attached hydrogen (secondary N) is 1. The first-order valence-corrected chi connectivity index (χ1v) is 8.98. The molecule has 4 nitrogen and oxygen atoms in total. The van der Waals surface area contributed by atoms with Crippen LogP contribution in [0.2, 0.25) is 0 Å². The van der Waals surface area contributed by atoms with Crippen LogP contribution in [-0.2, 0) is 23.9 Å². The summed E-state index contributed by atoms with van der Waals surface area (Å²) in [6.45, 7) is 10.4. The Hall–Kier alpha value is -2.31. The summed E-state index contributed by atoms with van der Waals surface area (Å²) in [6.07, 6.45) is -4.25. The molecule has 2 aromatic rings. The standard InChI is InChI=1S/C20H26F3N3O/c1-12(2)11-26-15(5)18(14(4)25-26)10-19(27)24-13(3)16-7-6-8-17(9-16)20(21,22)23/h6-9,12-13H,10-11H2,1-5H3,(H,24,27)/t13-/m1/s1. The highest BCUT2D eigenvalue weighted by molar-refractivity contribution is 5.79. The van der Waals surface area contributed by atoms with Crippen LogP contribution >= 0.6 is 0 Å². The maximum Gasteiger partial charge on any atom is 0.416 e. The van der Waals surface area contributed by atoms with Gasteiger partial charge in [0.05, 0.1) is 23.7 Å². The van der Waals surface area contributed by atoms with E-state index in [9.17, 15) is 18.0 Å². The number of alkyl halides is 3. The van der Waals surface area contributed by atoms with E-state index in [1.54, 1.807) is 13.0 Å². The Labute approximate surface area is 157 Å². The third-order valence-electron chi connectivity index (χ3n) is 4.50. The van der Waals surface area contributed by atoms with Crippen molar-refractivity contribution in [2.24, 2.45) is 5.92 Å². The van der Waals surface area contributed by atoms with Crippen LogP contribution in [0.1, 0.15) is 54.9 Å². The maximum atomic E-state index is 12.9. The van der Waals surface area contributed by atoms with Gasteiger partial charge in [0.15, 0.2) is 0 Å². The molecular formula is C20H26F3N3O. The molecule has 0 saturated carbocycles. The fourth-order valence-corrected chi connectivity index (χ4v) is 3.03. The van der Waals surface area contributed by atoms with E-state index < -0.39 is 17.8 Å². The monoisotopic (exact) mass is 381 g/mol. The molecule has 0 radical (unpaired) electrons. The molecule has 0 unspecified atom stereocenters. The molecule has 0 spiro atoms. The lowest BCUT2D eigenvalue weighted by molar-refractivity contribution is -0.137. The molecule has 0 aliphatic rings. The summed E-state index contributed by atoms with van der Waals surface area (Å²) < 4.78 is 40.5. The first kappa shape index (κ1) is 21.0. The van der Waals surface area contributed by atoms with Gasteiger partial charge in [0.2, 0.25) is 5.91 Å². The van der Waals surface area contributed by atoms with Crippen LogP contribution in [0.15, 0.2) is 24.3 Å². The summed E-state index contributed by atoms with van der Waals surface area (Å²) >= 11 is 0. The van der Waals surface area contributed by atoms with E-state index in [1.165, 1.54) is 6.07 Å². The highest BCUT2D eigenvalue weighted by atomic mass is 19.4. The highest BCUT2D eigenvalue weighted by Gasteiger charge is 2.30. The number of benzene rings is 1. The lowest BCUT2D eigenvalue weighted by Crippen LogP contribution is -2.28. The van der Waals surface area contributed by atoms with Crippen LogP contribution in [0.3, 0.4) is 0 Å².